The van der Waals surface area contributed by atoms with Crippen LogP contribution in [0.1, 0.15) is 162 Å². The van der Waals surface area contributed by atoms with Crippen molar-refractivity contribution < 1.29 is 38.2 Å². The van der Waals surface area contributed by atoms with Gasteiger partial charge in [-0.05, 0) is 51.4 Å². The summed E-state index contributed by atoms with van der Waals surface area (Å²) in [5, 5.41) is 9.56. The fraction of sp³-hybridized carbons (Fsp3) is 0.786. The highest BCUT2D eigenvalue weighted by molar-refractivity contribution is 5.72. The predicted octanol–water partition coefficient (Wildman–Crippen LogP) is 10.3. The molecule has 0 fully saturated rings. The smallest absolute Gasteiger partial charge is 0.362 e. The molecule has 50 heavy (non-hydrogen) atoms. The molecule has 2 unspecified atom stereocenters. The molecule has 290 valence electrons. The second kappa shape index (κ2) is 33.7. The van der Waals surface area contributed by atoms with E-state index in [2.05, 4.69) is 38.2 Å². The number of ether oxygens (including phenoxy) is 3. The quantitative estimate of drug-likeness (QED) is 0.0303. The summed E-state index contributed by atoms with van der Waals surface area (Å²) < 4.78 is 17.1. The van der Waals surface area contributed by atoms with Gasteiger partial charge in [0, 0.05) is 19.3 Å². The molecule has 1 N–H and O–H groups in total. The molecule has 0 rings (SSSR count). The van der Waals surface area contributed by atoms with Crippen LogP contribution < -0.4 is 0 Å². The molecular formula is C42H76NO7+. The summed E-state index contributed by atoms with van der Waals surface area (Å²) in [6, 6.07) is -0.621. The van der Waals surface area contributed by atoms with E-state index < -0.39 is 18.1 Å². The van der Waals surface area contributed by atoms with E-state index >= 15 is 0 Å². The van der Waals surface area contributed by atoms with Crippen molar-refractivity contribution in [3.05, 3.63) is 36.5 Å². The highest BCUT2D eigenvalue weighted by atomic mass is 16.6. The summed E-state index contributed by atoms with van der Waals surface area (Å²) in [5.41, 5.74) is 0. The van der Waals surface area contributed by atoms with Crippen LogP contribution in [0.25, 0.3) is 0 Å². The van der Waals surface area contributed by atoms with E-state index in [0.29, 0.717) is 19.3 Å². The summed E-state index contributed by atoms with van der Waals surface area (Å²) in [5.74, 6) is -1.57. The number of carbonyl (C=O) groups is 3. The monoisotopic (exact) mass is 707 g/mol. The lowest BCUT2D eigenvalue weighted by Crippen LogP contribution is -2.50. The number of nitrogens with zero attached hydrogens (tertiary/aromatic N) is 1. The summed E-state index contributed by atoms with van der Waals surface area (Å²) in [4.78, 5) is 36.6. The Bertz CT molecular complexity index is 922. The highest BCUT2D eigenvalue weighted by Gasteiger charge is 2.31. The van der Waals surface area contributed by atoms with Crippen LogP contribution in [-0.4, -0.2) is 80.6 Å². The molecule has 2 atom stereocenters. The zero-order valence-corrected chi connectivity index (χ0v) is 32.8. The summed E-state index contributed by atoms with van der Waals surface area (Å²) in [6.07, 6.45) is 36.6. The minimum absolute atomic E-state index is 0.0369. The zero-order valence-electron chi connectivity index (χ0n) is 32.8. The van der Waals surface area contributed by atoms with Crippen LogP contribution in [0.15, 0.2) is 36.5 Å². The van der Waals surface area contributed by atoms with Crippen molar-refractivity contribution >= 4 is 17.9 Å². The van der Waals surface area contributed by atoms with Gasteiger partial charge in [-0.25, -0.2) is 4.79 Å². The number of hydrogen-bond donors (Lipinski definition) is 1. The van der Waals surface area contributed by atoms with Crippen LogP contribution in [0.5, 0.6) is 0 Å². The van der Waals surface area contributed by atoms with Gasteiger partial charge in [0.05, 0.1) is 34.4 Å². The van der Waals surface area contributed by atoms with E-state index in [9.17, 15) is 19.5 Å². The normalized spacial score (nSPS) is 13.4. The highest BCUT2D eigenvalue weighted by Crippen LogP contribution is 2.13. The zero-order chi connectivity index (χ0) is 37.1. The maximum Gasteiger partial charge on any atom is 0.362 e. The average Bonchev–Trinajstić information content (AvgIpc) is 3.06. The molecule has 0 aromatic rings. The maximum absolute atomic E-state index is 12.5. The number of allylic oxidation sites excluding steroid dienone is 6. The van der Waals surface area contributed by atoms with E-state index in [-0.39, 0.29) is 42.7 Å². The molecule has 8 nitrogen and oxygen atoms in total. The molecular weight excluding hydrogens is 630 g/mol. The fourth-order valence-corrected chi connectivity index (χ4v) is 5.67. The van der Waals surface area contributed by atoms with Crippen molar-refractivity contribution in [1.82, 2.24) is 0 Å². The van der Waals surface area contributed by atoms with E-state index in [0.717, 1.165) is 32.1 Å². The Morgan fingerprint density at radius 1 is 0.620 bits per heavy atom. The number of likely N-dealkylation sites (N-methyl/N-ethyl adjacent to an activating group) is 1. The van der Waals surface area contributed by atoms with Gasteiger partial charge >= 0.3 is 17.9 Å². The fourth-order valence-electron chi connectivity index (χ4n) is 5.67. The average molecular weight is 707 g/mol. The number of carbonyl (C=O) groups excluding carboxylic acids is 2. The van der Waals surface area contributed by atoms with Crippen molar-refractivity contribution in [3.63, 3.8) is 0 Å². The second-order valence-corrected chi connectivity index (χ2v) is 14.5. The van der Waals surface area contributed by atoms with Crippen LogP contribution in [0.2, 0.25) is 0 Å². The standard InChI is InChI=1S/C42H75NO7/c1-6-8-10-12-14-15-16-17-18-19-20-21-22-23-24-25-27-28-30-32-40(44)49-37-38(36-48-35-34-39(42(46)47)43(3,4)5)50-41(45)33-31-29-26-13-11-9-7-2/h9,11,19-20,26,29,38-39H,6-8,10,12-18,21-25,27-28,30-37H2,1-5H3/p+1/b11-9+,20-19+,29-26+. The van der Waals surface area contributed by atoms with Crippen LogP contribution in [0.3, 0.4) is 0 Å². The van der Waals surface area contributed by atoms with Crippen LogP contribution in [0, 0.1) is 0 Å². The van der Waals surface area contributed by atoms with Gasteiger partial charge in [-0.15, -0.1) is 0 Å². The number of hydrogen-bond acceptors (Lipinski definition) is 6. The lowest BCUT2D eigenvalue weighted by Gasteiger charge is -2.31. The number of carboxylic acids is 1. The number of aliphatic carboxylic acids is 1. The number of esters is 2. The van der Waals surface area contributed by atoms with Crippen LogP contribution >= 0.6 is 0 Å². The Hall–Kier alpha value is -2.45. The molecule has 0 bridgehead atoms. The van der Waals surface area contributed by atoms with E-state index in [4.69, 9.17) is 14.2 Å². The molecule has 0 heterocycles. The Morgan fingerprint density at radius 2 is 1.16 bits per heavy atom. The molecule has 0 aliphatic heterocycles. The van der Waals surface area contributed by atoms with Gasteiger partial charge < -0.3 is 23.8 Å². The first-order valence-electron chi connectivity index (χ1n) is 20.0. The topological polar surface area (TPSA) is 99.1 Å². The van der Waals surface area contributed by atoms with E-state index in [1.165, 1.54) is 89.9 Å². The molecule has 0 aliphatic rings. The lowest BCUT2D eigenvalue weighted by molar-refractivity contribution is -0.887. The third kappa shape index (κ3) is 31.5. The van der Waals surface area contributed by atoms with E-state index in [1.807, 2.05) is 33.3 Å². The van der Waals surface area contributed by atoms with Crippen molar-refractivity contribution in [2.45, 2.75) is 174 Å². The van der Waals surface area contributed by atoms with Gasteiger partial charge in [0.2, 0.25) is 0 Å². The van der Waals surface area contributed by atoms with Gasteiger partial charge in [0.25, 0.3) is 0 Å². The second-order valence-electron chi connectivity index (χ2n) is 14.5. The van der Waals surface area contributed by atoms with Gasteiger partial charge in [-0.3, -0.25) is 9.59 Å². The van der Waals surface area contributed by atoms with Crippen molar-refractivity contribution in [2.24, 2.45) is 0 Å². The molecule has 0 saturated heterocycles. The first-order chi connectivity index (χ1) is 24.1. The van der Waals surface area contributed by atoms with Crippen LogP contribution in [0.4, 0.5) is 0 Å². The number of rotatable bonds is 35. The van der Waals surface area contributed by atoms with Gasteiger partial charge in [-0.1, -0.05) is 127 Å². The third-order valence-electron chi connectivity index (χ3n) is 8.79. The predicted molar refractivity (Wildman–Crippen MR) is 206 cm³/mol. The van der Waals surface area contributed by atoms with Gasteiger partial charge in [-0.2, -0.15) is 0 Å². The summed E-state index contributed by atoms with van der Waals surface area (Å²) in [7, 11) is 5.49. The Kier molecular flexibility index (Phi) is 32.0. The minimum Gasteiger partial charge on any atom is -0.477 e. The SMILES string of the molecule is CC/C=C/C/C=C/CCC(=O)OC(COCCC(C(=O)O)[N+](C)(C)C)COC(=O)CCCCCCCCC/C=C/CCCCCCCCCC. The largest absolute Gasteiger partial charge is 0.477 e. The number of quaternary nitrogens is 1. The molecule has 0 radical (unpaired) electrons. The molecule has 0 aliphatic carbocycles. The van der Waals surface area contributed by atoms with Crippen molar-refractivity contribution in [1.29, 1.82) is 0 Å². The van der Waals surface area contributed by atoms with Gasteiger partial charge in [0.1, 0.15) is 6.61 Å². The first kappa shape index (κ1) is 47.5. The van der Waals surface area contributed by atoms with Crippen LogP contribution in [-0.2, 0) is 28.6 Å². The maximum atomic E-state index is 12.5. The molecule has 0 aromatic heterocycles. The third-order valence-corrected chi connectivity index (χ3v) is 8.79. The summed E-state index contributed by atoms with van der Waals surface area (Å²) in [6.45, 7) is 4.51. The van der Waals surface area contributed by atoms with Crippen molar-refractivity contribution in [3.8, 4) is 0 Å². The first-order valence-corrected chi connectivity index (χ1v) is 20.0. The van der Waals surface area contributed by atoms with Gasteiger partial charge in [0.15, 0.2) is 12.1 Å². The molecule has 0 spiro atoms. The lowest BCUT2D eigenvalue weighted by atomic mass is 10.1. The molecule has 0 saturated carbocycles. The molecule has 0 amide bonds. The van der Waals surface area contributed by atoms with Crippen molar-refractivity contribution in [2.75, 3.05) is 41.0 Å². The Morgan fingerprint density at radius 3 is 1.72 bits per heavy atom. The molecule has 8 heteroatoms. The Balaban J connectivity index is 4.25. The molecule has 0 aromatic carbocycles. The van der Waals surface area contributed by atoms with E-state index in [1.54, 1.807) is 0 Å². The minimum atomic E-state index is -0.886. The number of unbranched alkanes of at least 4 members (excludes halogenated alkanes) is 15. The summed E-state index contributed by atoms with van der Waals surface area (Å²) >= 11 is 0. The Labute approximate surface area is 306 Å². The number of carboxylic acid groups (broad SMARTS) is 1.